The van der Waals surface area contributed by atoms with Crippen LogP contribution >= 0.6 is 0 Å². The largest absolute Gasteiger partial charge is 0.477 e. The molecule has 3 N–H and O–H groups in total. The number of carboxylic acids is 1. The number of carbonyl (C=O) groups is 1. The quantitative estimate of drug-likeness (QED) is 0.767. The average Bonchev–Trinajstić information content (AvgIpc) is 2.01. The smallest absolute Gasteiger partial charge is 0.342 e. The van der Waals surface area contributed by atoms with E-state index in [0.717, 1.165) is 0 Å². The third-order valence-electron chi connectivity index (χ3n) is 1.46. The molecule has 0 amide bonds. The Hall–Kier alpha value is -1.79. The summed E-state index contributed by atoms with van der Waals surface area (Å²) in [5, 5.41) is 8.43. The number of nitrogen functional groups attached to an aromatic ring is 1. The third-order valence-corrected chi connectivity index (χ3v) is 1.46. The molecule has 1 rings (SSSR count). The predicted octanol–water partition coefficient (Wildman–Crippen LogP) is 1.44. The Morgan fingerprint density at radius 1 is 1.57 bits per heavy atom. The van der Waals surface area contributed by atoms with Crippen molar-refractivity contribution in [1.82, 2.24) is 4.98 Å². The maximum atomic E-state index is 12.9. The first-order chi connectivity index (χ1) is 6.43. The van der Waals surface area contributed by atoms with E-state index < -0.39 is 35.3 Å². The summed E-state index contributed by atoms with van der Waals surface area (Å²) < 4.78 is 36.9. The molecular weight excluding hydrogens is 201 g/mol. The van der Waals surface area contributed by atoms with Crippen LogP contribution in [0.2, 0.25) is 0 Å². The van der Waals surface area contributed by atoms with Crippen molar-refractivity contribution in [1.29, 1.82) is 0 Å². The van der Waals surface area contributed by atoms with Gasteiger partial charge in [-0.1, -0.05) is 0 Å². The molecule has 0 radical (unpaired) electrons. The summed E-state index contributed by atoms with van der Waals surface area (Å²) in [5.41, 5.74) is 3.22. The molecule has 1 heterocycles. The molecule has 0 bridgehead atoms. The van der Waals surface area contributed by atoms with Gasteiger partial charge in [-0.25, -0.2) is 22.9 Å². The van der Waals surface area contributed by atoms with E-state index in [1.807, 2.05) is 0 Å². The van der Waals surface area contributed by atoms with Crippen molar-refractivity contribution < 1.29 is 23.1 Å². The molecule has 0 unspecified atom stereocenters. The minimum absolute atomic E-state index is 0.352. The van der Waals surface area contributed by atoms with Crippen molar-refractivity contribution in [3.8, 4) is 0 Å². The van der Waals surface area contributed by atoms with E-state index in [9.17, 15) is 18.0 Å². The van der Waals surface area contributed by atoms with Gasteiger partial charge in [-0.3, -0.25) is 0 Å². The average molecular weight is 206 g/mol. The number of alkyl halides is 2. The number of anilines is 1. The Morgan fingerprint density at radius 3 is 2.50 bits per heavy atom. The van der Waals surface area contributed by atoms with Crippen LogP contribution in [0.15, 0.2) is 6.07 Å². The van der Waals surface area contributed by atoms with Crippen LogP contribution in [0.4, 0.5) is 19.0 Å². The first-order valence-corrected chi connectivity index (χ1v) is 3.41. The molecular formula is C7H5F3N2O2. The number of aromatic carboxylic acids is 1. The zero-order chi connectivity index (χ0) is 10.9. The molecule has 0 saturated carbocycles. The Morgan fingerprint density at radius 2 is 2.14 bits per heavy atom. The molecule has 14 heavy (non-hydrogen) atoms. The second kappa shape index (κ2) is 3.52. The number of halogens is 3. The van der Waals surface area contributed by atoms with Gasteiger partial charge in [0.15, 0.2) is 0 Å². The molecule has 1 aromatic heterocycles. The van der Waals surface area contributed by atoms with Crippen molar-refractivity contribution in [3.63, 3.8) is 0 Å². The van der Waals surface area contributed by atoms with E-state index in [1.165, 1.54) is 0 Å². The normalized spacial score (nSPS) is 10.6. The second-order valence-corrected chi connectivity index (χ2v) is 2.40. The highest BCUT2D eigenvalue weighted by molar-refractivity contribution is 5.92. The van der Waals surface area contributed by atoms with Crippen LogP contribution in [0, 0.1) is 5.82 Å². The molecule has 0 saturated heterocycles. The number of hydrogen-bond acceptors (Lipinski definition) is 3. The summed E-state index contributed by atoms with van der Waals surface area (Å²) in [6, 6.07) is 0.352. The predicted molar refractivity (Wildman–Crippen MR) is 40.5 cm³/mol. The highest BCUT2D eigenvalue weighted by Gasteiger charge is 2.20. The lowest BCUT2D eigenvalue weighted by Crippen LogP contribution is -2.09. The van der Waals surface area contributed by atoms with Gasteiger partial charge in [-0.05, 0) is 0 Å². The molecule has 0 aliphatic carbocycles. The van der Waals surface area contributed by atoms with Gasteiger partial charge < -0.3 is 10.8 Å². The van der Waals surface area contributed by atoms with Gasteiger partial charge in [-0.2, -0.15) is 0 Å². The fourth-order valence-electron chi connectivity index (χ4n) is 0.875. The van der Waals surface area contributed by atoms with Crippen molar-refractivity contribution in [3.05, 3.63) is 23.1 Å². The molecule has 0 fully saturated rings. The minimum atomic E-state index is -2.99. The zero-order valence-electron chi connectivity index (χ0n) is 6.67. The SMILES string of the molecule is Nc1nc(C(F)F)cc(F)c1C(=O)O. The number of carboxylic acid groups (broad SMARTS) is 1. The van der Waals surface area contributed by atoms with Gasteiger partial charge in [0, 0.05) is 6.07 Å². The van der Waals surface area contributed by atoms with E-state index in [1.54, 1.807) is 0 Å². The van der Waals surface area contributed by atoms with Crippen LogP contribution in [-0.4, -0.2) is 16.1 Å². The van der Waals surface area contributed by atoms with Crippen LogP contribution < -0.4 is 5.73 Å². The number of rotatable bonds is 2. The molecule has 76 valence electrons. The van der Waals surface area contributed by atoms with Crippen molar-refractivity contribution >= 4 is 11.8 Å². The Balaban J connectivity index is 3.32. The van der Waals surface area contributed by atoms with Crippen molar-refractivity contribution in [2.45, 2.75) is 6.43 Å². The maximum absolute atomic E-state index is 12.9. The standard InChI is InChI=1S/C7H5F3N2O2/c8-2-1-3(5(9)10)12-6(11)4(2)7(13)14/h1,5H,(H2,11,12)(H,13,14). The van der Waals surface area contributed by atoms with E-state index >= 15 is 0 Å². The van der Waals surface area contributed by atoms with Gasteiger partial charge in [0.2, 0.25) is 0 Å². The Labute approximate surface area is 76.2 Å². The summed E-state index contributed by atoms with van der Waals surface area (Å²) in [6.07, 6.45) is -2.99. The van der Waals surface area contributed by atoms with Gasteiger partial charge in [-0.15, -0.1) is 0 Å². The summed E-state index contributed by atoms with van der Waals surface area (Å²) in [5.74, 6) is -3.72. The molecule has 0 aliphatic heterocycles. The molecule has 1 aromatic rings. The molecule has 0 spiro atoms. The molecule has 4 nitrogen and oxygen atoms in total. The molecule has 0 aromatic carbocycles. The summed E-state index contributed by atoms with van der Waals surface area (Å²) in [4.78, 5) is 13.4. The minimum Gasteiger partial charge on any atom is -0.477 e. The lowest BCUT2D eigenvalue weighted by Gasteiger charge is -2.04. The number of aromatic nitrogens is 1. The van der Waals surface area contributed by atoms with Crippen LogP contribution in [0.25, 0.3) is 0 Å². The topological polar surface area (TPSA) is 76.2 Å². The molecule has 0 aliphatic rings. The number of hydrogen-bond donors (Lipinski definition) is 2. The van der Waals surface area contributed by atoms with Gasteiger partial charge in [0.05, 0.1) is 0 Å². The molecule has 0 atom stereocenters. The Kier molecular flexibility index (Phi) is 2.59. The third kappa shape index (κ3) is 1.76. The van der Waals surface area contributed by atoms with Crippen molar-refractivity contribution in [2.24, 2.45) is 0 Å². The fraction of sp³-hybridized carbons (Fsp3) is 0.143. The first-order valence-electron chi connectivity index (χ1n) is 3.41. The summed E-state index contributed by atoms with van der Waals surface area (Å²) in [6.45, 7) is 0. The number of nitrogens with two attached hydrogens (primary N) is 1. The number of pyridine rings is 1. The highest BCUT2D eigenvalue weighted by Crippen LogP contribution is 2.22. The second-order valence-electron chi connectivity index (χ2n) is 2.40. The van der Waals surface area contributed by atoms with Crippen molar-refractivity contribution in [2.75, 3.05) is 5.73 Å². The van der Waals surface area contributed by atoms with Gasteiger partial charge in [0.25, 0.3) is 6.43 Å². The van der Waals surface area contributed by atoms with Crippen LogP contribution in [0.3, 0.4) is 0 Å². The van der Waals surface area contributed by atoms with Crippen LogP contribution in [0.5, 0.6) is 0 Å². The first kappa shape index (κ1) is 10.3. The van der Waals surface area contributed by atoms with E-state index in [-0.39, 0.29) is 0 Å². The number of nitrogens with zero attached hydrogens (tertiary/aromatic N) is 1. The van der Waals surface area contributed by atoms with Gasteiger partial charge in [0.1, 0.15) is 22.9 Å². The molecule has 7 heteroatoms. The fourth-order valence-corrected chi connectivity index (χ4v) is 0.875. The summed E-state index contributed by atoms with van der Waals surface area (Å²) in [7, 11) is 0. The Bertz CT molecular complexity index is 358. The zero-order valence-corrected chi connectivity index (χ0v) is 6.67. The summed E-state index contributed by atoms with van der Waals surface area (Å²) >= 11 is 0. The van der Waals surface area contributed by atoms with Crippen LogP contribution in [0.1, 0.15) is 22.5 Å². The van der Waals surface area contributed by atoms with E-state index in [2.05, 4.69) is 4.98 Å². The van der Waals surface area contributed by atoms with Crippen LogP contribution in [-0.2, 0) is 0 Å². The van der Waals surface area contributed by atoms with Gasteiger partial charge >= 0.3 is 5.97 Å². The monoisotopic (exact) mass is 206 g/mol. The van der Waals surface area contributed by atoms with E-state index in [4.69, 9.17) is 10.8 Å². The lowest BCUT2D eigenvalue weighted by atomic mass is 10.2. The highest BCUT2D eigenvalue weighted by atomic mass is 19.3. The maximum Gasteiger partial charge on any atom is 0.342 e. The van der Waals surface area contributed by atoms with E-state index in [0.29, 0.717) is 6.07 Å². The lowest BCUT2D eigenvalue weighted by molar-refractivity contribution is 0.0692.